The smallest absolute Gasteiger partial charge is 0.275 e. The molecule has 0 aromatic heterocycles. The molecule has 0 amide bonds. The summed E-state index contributed by atoms with van der Waals surface area (Å²) in [6.45, 7) is 8.91. The number of benzene rings is 2. The SMILES string of the molecule is CCCc1cccc(OPOc2cccc(CCC)c2CCC)c1CCC. The third-order valence-corrected chi connectivity index (χ3v) is 5.41. The number of rotatable bonds is 12. The molecule has 0 fully saturated rings. The summed E-state index contributed by atoms with van der Waals surface area (Å²) >= 11 is 0. The summed E-state index contributed by atoms with van der Waals surface area (Å²) in [7, 11) is -0.0144. The van der Waals surface area contributed by atoms with Crippen molar-refractivity contribution in [3.05, 3.63) is 58.7 Å². The lowest BCUT2D eigenvalue weighted by Crippen LogP contribution is -1.99. The van der Waals surface area contributed by atoms with Crippen molar-refractivity contribution in [1.82, 2.24) is 0 Å². The van der Waals surface area contributed by atoms with Crippen LogP contribution < -0.4 is 9.05 Å². The van der Waals surface area contributed by atoms with E-state index in [9.17, 15) is 0 Å². The maximum absolute atomic E-state index is 6.12. The van der Waals surface area contributed by atoms with E-state index in [2.05, 4.69) is 64.1 Å². The van der Waals surface area contributed by atoms with E-state index >= 15 is 0 Å². The van der Waals surface area contributed by atoms with Gasteiger partial charge in [0, 0.05) is 0 Å². The molecule has 0 aliphatic heterocycles. The molecule has 0 atom stereocenters. The molecule has 148 valence electrons. The molecule has 0 radical (unpaired) electrons. The lowest BCUT2D eigenvalue weighted by molar-refractivity contribution is 0.505. The molecular formula is C24H35O2P. The predicted octanol–water partition coefficient (Wildman–Crippen LogP) is 7.46. The van der Waals surface area contributed by atoms with Gasteiger partial charge in [-0.2, -0.15) is 0 Å². The first-order valence-electron chi connectivity index (χ1n) is 10.5. The van der Waals surface area contributed by atoms with E-state index < -0.39 is 0 Å². The van der Waals surface area contributed by atoms with Crippen LogP contribution in [0.25, 0.3) is 0 Å². The number of hydrogen-bond donors (Lipinski definition) is 0. The van der Waals surface area contributed by atoms with Crippen molar-refractivity contribution < 1.29 is 9.05 Å². The van der Waals surface area contributed by atoms with Crippen LogP contribution in [0.2, 0.25) is 0 Å². The largest absolute Gasteiger partial charge is 0.440 e. The summed E-state index contributed by atoms with van der Waals surface area (Å²) in [5.74, 6) is 1.98. The highest BCUT2D eigenvalue weighted by Crippen LogP contribution is 2.34. The van der Waals surface area contributed by atoms with E-state index in [-0.39, 0.29) is 9.03 Å². The minimum absolute atomic E-state index is 0.0144. The topological polar surface area (TPSA) is 18.5 Å². The Hall–Kier alpha value is -1.53. The molecule has 2 nitrogen and oxygen atoms in total. The van der Waals surface area contributed by atoms with E-state index in [0.717, 1.165) is 62.9 Å². The van der Waals surface area contributed by atoms with Gasteiger partial charge < -0.3 is 9.05 Å². The Labute approximate surface area is 167 Å². The molecule has 0 aliphatic carbocycles. The van der Waals surface area contributed by atoms with Crippen molar-refractivity contribution in [2.75, 3.05) is 0 Å². The van der Waals surface area contributed by atoms with Crippen molar-refractivity contribution in [2.45, 2.75) is 79.1 Å². The number of hydrogen-bond acceptors (Lipinski definition) is 2. The van der Waals surface area contributed by atoms with Gasteiger partial charge in [0.25, 0.3) is 9.03 Å². The van der Waals surface area contributed by atoms with Crippen LogP contribution >= 0.6 is 9.03 Å². The van der Waals surface area contributed by atoms with Gasteiger partial charge in [0.1, 0.15) is 11.5 Å². The fourth-order valence-corrected chi connectivity index (χ4v) is 4.20. The number of aryl methyl sites for hydroxylation is 2. The Balaban J connectivity index is 2.12. The Morgan fingerprint density at radius 1 is 0.593 bits per heavy atom. The van der Waals surface area contributed by atoms with Crippen LogP contribution in [0.5, 0.6) is 11.5 Å². The summed E-state index contributed by atoms with van der Waals surface area (Å²) in [6.07, 6.45) is 8.90. The Morgan fingerprint density at radius 3 is 1.37 bits per heavy atom. The second-order valence-corrected chi connectivity index (χ2v) is 7.65. The summed E-state index contributed by atoms with van der Waals surface area (Å²) < 4.78 is 12.2. The molecule has 0 bridgehead atoms. The maximum atomic E-state index is 6.12. The lowest BCUT2D eigenvalue weighted by Gasteiger charge is -2.17. The van der Waals surface area contributed by atoms with Gasteiger partial charge >= 0.3 is 0 Å². The standard InChI is InChI=1S/C24H35O2P/c1-5-11-19-15-9-17-23(21(19)13-7-3)25-27-26-24-18-10-16-20(12-6-2)22(24)14-8-4/h9-10,15-18,27H,5-8,11-14H2,1-4H3. The Bertz CT molecular complexity index is 637. The molecule has 0 N–H and O–H groups in total. The van der Waals surface area contributed by atoms with Crippen molar-refractivity contribution >= 4 is 9.03 Å². The van der Waals surface area contributed by atoms with Crippen LogP contribution in [0.3, 0.4) is 0 Å². The van der Waals surface area contributed by atoms with Crippen molar-refractivity contribution in [1.29, 1.82) is 0 Å². The van der Waals surface area contributed by atoms with Crippen LogP contribution in [0, 0.1) is 0 Å². The fourth-order valence-electron chi connectivity index (χ4n) is 3.60. The van der Waals surface area contributed by atoms with Crippen LogP contribution in [0.1, 0.15) is 75.6 Å². The molecule has 0 aliphatic rings. The molecule has 0 heterocycles. The molecule has 2 aromatic rings. The molecule has 2 rings (SSSR count). The van der Waals surface area contributed by atoms with Crippen molar-refractivity contribution in [3.63, 3.8) is 0 Å². The second-order valence-electron chi connectivity index (χ2n) is 7.08. The van der Waals surface area contributed by atoms with Gasteiger partial charge in [0.15, 0.2) is 0 Å². The monoisotopic (exact) mass is 386 g/mol. The molecule has 27 heavy (non-hydrogen) atoms. The van der Waals surface area contributed by atoms with Crippen molar-refractivity contribution in [2.24, 2.45) is 0 Å². The van der Waals surface area contributed by atoms with Gasteiger partial charge in [-0.15, -0.1) is 0 Å². The minimum atomic E-state index is -0.0144. The zero-order chi connectivity index (χ0) is 19.5. The zero-order valence-electron chi connectivity index (χ0n) is 17.4. The van der Waals surface area contributed by atoms with Crippen LogP contribution in [-0.4, -0.2) is 0 Å². The third kappa shape index (κ3) is 6.25. The summed E-state index contributed by atoms with van der Waals surface area (Å²) in [5.41, 5.74) is 5.54. The summed E-state index contributed by atoms with van der Waals surface area (Å²) in [6, 6.07) is 12.8. The first kappa shape index (κ1) is 21.8. The predicted molar refractivity (Wildman–Crippen MR) is 118 cm³/mol. The fraction of sp³-hybridized carbons (Fsp3) is 0.500. The van der Waals surface area contributed by atoms with Gasteiger partial charge in [0.05, 0.1) is 0 Å². The van der Waals surface area contributed by atoms with Crippen LogP contribution in [0.15, 0.2) is 36.4 Å². The molecule has 3 heteroatoms. The molecular weight excluding hydrogens is 351 g/mol. The van der Waals surface area contributed by atoms with Gasteiger partial charge in [-0.05, 0) is 60.1 Å². The molecule has 0 saturated carbocycles. The normalized spacial score (nSPS) is 10.8. The highest BCUT2D eigenvalue weighted by molar-refractivity contribution is 7.27. The first-order chi connectivity index (χ1) is 13.2. The summed E-state index contributed by atoms with van der Waals surface area (Å²) in [5, 5.41) is 0. The Kier molecular flexibility index (Phi) is 9.70. The van der Waals surface area contributed by atoms with Gasteiger partial charge in [0.2, 0.25) is 0 Å². The van der Waals surface area contributed by atoms with Crippen LogP contribution in [0.4, 0.5) is 0 Å². The van der Waals surface area contributed by atoms with Crippen molar-refractivity contribution in [3.8, 4) is 11.5 Å². The quantitative estimate of drug-likeness (QED) is 0.352. The first-order valence-corrected chi connectivity index (χ1v) is 11.4. The van der Waals surface area contributed by atoms with E-state index in [4.69, 9.17) is 9.05 Å². The molecule has 0 unspecified atom stereocenters. The molecule has 0 spiro atoms. The molecule has 0 saturated heterocycles. The minimum Gasteiger partial charge on any atom is -0.440 e. The lowest BCUT2D eigenvalue weighted by atomic mass is 9.99. The van der Waals surface area contributed by atoms with Gasteiger partial charge in [-0.3, -0.25) is 0 Å². The highest BCUT2D eigenvalue weighted by Gasteiger charge is 2.11. The van der Waals surface area contributed by atoms with E-state index in [1.54, 1.807) is 0 Å². The second kappa shape index (κ2) is 12.0. The highest BCUT2D eigenvalue weighted by atomic mass is 31.1. The average molecular weight is 387 g/mol. The molecule has 2 aromatic carbocycles. The van der Waals surface area contributed by atoms with E-state index in [1.165, 1.54) is 22.3 Å². The summed E-state index contributed by atoms with van der Waals surface area (Å²) in [4.78, 5) is 0. The van der Waals surface area contributed by atoms with E-state index in [1.807, 2.05) is 0 Å². The maximum Gasteiger partial charge on any atom is 0.275 e. The van der Waals surface area contributed by atoms with Gasteiger partial charge in [-0.1, -0.05) is 77.6 Å². The zero-order valence-corrected chi connectivity index (χ0v) is 18.4. The Morgan fingerprint density at radius 2 is 1.00 bits per heavy atom. The van der Waals surface area contributed by atoms with Crippen LogP contribution in [-0.2, 0) is 25.7 Å². The van der Waals surface area contributed by atoms with E-state index in [0.29, 0.717) is 0 Å². The average Bonchev–Trinajstić information content (AvgIpc) is 2.67. The third-order valence-electron chi connectivity index (χ3n) is 4.80. The van der Waals surface area contributed by atoms with Gasteiger partial charge in [-0.25, -0.2) is 0 Å².